The molecule has 0 aromatic heterocycles. The molecule has 1 heterocycles. The lowest BCUT2D eigenvalue weighted by Crippen LogP contribution is -2.55. The van der Waals surface area contributed by atoms with E-state index in [9.17, 15) is 5.11 Å². The predicted molar refractivity (Wildman–Crippen MR) is 89.3 cm³/mol. The summed E-state index contributed by atoms with van der Waals surface area (Å²) in [5, 5.41) is 10.9. The first kappa shape index (κ1) is 17.5. The third-order valence-electron chi connectivity index (χ3n) is 5.59. The lowest BCUT2D eigenvalue weighted by molar-refractivity contribution is -0.180. The molecule has 0 amide bonds. The topological polar surface area (TPSA) is 47.9 Å². The van der Waals surface area contributed by atoms with Crippen LogP contribution in [0.2, 0.25) is 0 Å². The Morgan fingerprint density at radius 2 is 1.67 bits per heavy atom. The summed E-state index contributed by atoms with van der Waals surface area (Å²) in [5.74, 6) is 1.30. The number of benzene rings is 1. The highest BCUT2D eigenvalue weighted by Gasteiger charge is 2.54. The zero-order valence-electron chi connectivity index (χ0n) is 14.5. The maximum atomic E-state index is 15.8. The highest BCUT2D eigenvalue weighted by Crippen LogP contribution is 2.49. The molecule has 2 unspecified atom stereocenters. The van der Waals surface area contributed by atoms with Gasteiger partial charge in [-0.05, 0) is 30.5 Å². The molecule has 0 spiro atoms. The van der Waals surface area contributed by atoms with Gasteiger partial charge in [-0.25, -0.2) is 4.39 Å². The zero-order valence-corrected chi connectivity index (χ0v) is 14.5. The van der Waals surface area contributed by atoms with Gasteiger partial charge < -0.3 is 19.3 Å². The molecule has 1 aromatic carbocycles. The number of alkyl halides is 1. The van der Waals surface area contributed by atoms with Gasteiger partial charge in [0.1, 0.15) is 17.2 Å². The Labute approximate surface area is 142 Å². The fourth-order valence-corrected chi connectivity index (χ4v) is 4.05. The lowest BCUT2D eigenvalue weighted by atomic mass is 9.69. The van der Waals surface area contributed by atoms with Crippen LogP contribution in [0.5, 0.6) is 11.5 Å². The molecule has 4 nitrogen and oxygen atoms in total. The molecule has 2 fully saturated rings. The van der Waals surface area contributed by atoms with E-state index in [4.69, 9.17) is 14.2 Å². The van der Waals surface area contributed by atoms with Crippen LogP contribution in [0.1, 0.15) is 56.6 Å². The largest absolute Gasteiger partial charge is 0.497 e. The number of ether oxygens (including phenoxy) is 3. The molecule has 2 aliphatic rings. The van der Waals surface area contributed by atoms with Gasteiger partial charge in [0.25, 0.3) is 0 Å². The lowest BCUT2D eigenvalue weighted by Gasteiger charge is -2.47. The Kier molecular flexibility index (Phi) is 5.02. The van der Waals surface area contributed by atoms with Crippen LogP contribution in [0.4, 0.5) is 4.39 Å². The van der Waals surface area contributed by atoms with Crippen LogP contribution in [0, 0.1) is 0 Å². The number of hydrogen-bond acceptors (Lipinski definition) is 4. The first-order valence-electron chi connectivity index (χ1n) is 8.75. The number of aliphatic hydroxyl groups is 1. The molecule has 1 saturated heterocycles. The minimum atomic E-state index is -1.60. The van der Waals surface area contributed by atoms with Gasteiger partial charge in [0.15, 0.2) is 0 Å². The van der Waals surface area contributed by atoms with Gasteiger partial charge in [0, 0.05) is 18.9 Å². The highest BCUT2D eigenvalue weighted by molar-refractivity contribution is 5.39. The Balaban J connectivity index is 1.85. The SMILES string of the molecule is COc1cc(OC)cc(C2CC(F)(C3(O)CCCCC3)CCO2)c1. The summed E-state index contributed by atoms with van der Waals surface area (Å²) < 4.78 is 32.2. The van der Waals surface area contributed by atoms with Gasteiger partial charge in [-0.1, -0.05) is 19.3 Å². The van der Waals surface area contributed by atoms with E-state index in [1.165, 1.54) is 0 Å². The van der Waals surface area contributed by atoms with Gasteiger partial charge in [-0.3, -0.25) is 0 Å². The van der Waals surface area contributed by atoms with E-state index < -0.39 is 17.4 Å². The van der Waals surface area contributed by atoms with Gasteiger partial charge in [-0.2, -0.15) is 0 Å². The summed E-state index contributed by atoms with van der Waals surface area (Å²) in [6.07, 6.45) is 3.95. The van der Waals surface area contributed by atoms with Crippen molar-refractivity contribution in [3.05, 3.63) is 23.8 Å². The second-order valence-corrected chi connectivity index (χ2v) is 7.02. The molecule has 134 valence electrons. The number of halogens is 1. The van der Waals surface area contributed by atoms with Crippen LogP contribution in [0.3, 0.4) is 0 Å². The summed E-state index contributed by atoms with van der Waals surface area (Å²) >= 11 is 0. The van der Waals surface area contributed by atoms with E-state index in [-0.39, 0.29) is 12.8 Å². The van der Waals surface area contributed by atoms with Gasteiger partial charge in [0.2, 0.25) is 0 Å². The van der Waals surface area contributed by atoms with E-state index in [1.54, 1.807) is 20.3 Å². The van der Waals surface area contributed by atoms with E-state index in [2.05, 4.69) is 0 Å². The molecule has 1 N–H and O–H groups in total. The molecule has 1 saturated carbocycles. The second kappa shape index (κ2) is 6.89. The molecule has 1 aliphatic heterocycles. The van der Waals surface area contributed by atoms with Gasteiger partial charge >= 0.3 is 0 Å². The Bertz CT molecular complexity index is 548. The molecule has 3 rings (SSSR count). The molecule has 5 heteroatoms. The molecule has 24 heavy (non-hydrogen) atoms. The zero-order chi connectivity index (χ0) is 17.2. The molecule has 1 aromatic rings. The minimum Gasteiger partial charge on any atom is -0.497 e. The van der Waals surface area contributed by atoms with Crippen LogP contribution in [-0.4, -0.2) is 37.2 Å². The minimum absolute atomic E-state index is 0.166. The van der Waals surface area contributed by atoms with E-state index in [0.29, 0.717) is 30.9 Å². The number of rotatable bonds is 4. The highest BCUT2D eigenvalue weighted by atomic mass is 19.1. The van der Waals surface area contributed by atoms with Crippen molar-refractivity contribution >= 4 is 0 Å². The summed E-state index contributed by atoms with van der Waals surface area (Å²) in [7, 11) is 3.18. The van der Waals surface area contributed by atoms with E-state index in [1.807, 2.05) is 12.1 Å². The number of methoxy groups -OCH3 is 2. The van der Waals surface area contributed by atoms with Crippen molar-refractivity contribution in [2.45, 2.75) is 62.3 Å². The number of hydrogen-bond donors (Lipinski definition) is 1. The predicted octanol–water partition coefficient (Wildman–Crippen LogP) is 3.96. The molecule has 1 aliphatic carbocycles. The van der Waals surface area contributed by atoms with Crippen LogP contribution in [0.15, 0.2) is 18.2 Å². The molecular weight excluding hydrogens is 311 g/mol. The van der Waals surface area contributed by atoms with Crippen molar-refractivity contribution in [3.8, 4) is 11.5 Å². The Hall–Kier alpha value is -1.33. The molecule has 2 atom stereocenters. The van der Waals surface area contributed by atoms with Gasteiger partial charge in [-0.15, -0.1) is 0 Å². The van der Waals surface area contributed by atoms with Crippen molar-refractivity contribution in [3.63, 3.8) is 0 Å². The third kappa shape index (κ3) is 3.24. The Morgan fingerprint density at radius 3 is 2.25 bits per heavy atom. The first-order chi connectivity index (χ1) is 11.5. The van der Waals surface area contributed by atoms with Crippen LogP contribution < -0.4 is 9.47 Å². The third-order valence-corrected chi connectivity index (χ3v) is 5.59. The Morgan fingerprint density at radius 1 is 1.04 bits per heavy atom. The maximum absolute atomic E-state index is 15.8. The average molecular weight is 338 g/mol. The summed E-state index contributed by atoms with van der Waals surface area (Å²) in [5.41, 5.74) is -2.00. The van der Waals surface area contributed by atoms with Crippen molar-refractivity contribution < 1.29 is 23.7 Å². The summed E-state index contributed by atoms with van der Waals surface area (Å²) in [4.78, 5) is 0. The smallest absolute Gasteiger partial charge is 0.144 e. The standard InChI is InChI=1S/C19H27FO4/c1-22-15-10-14(11-16(12-15)23-2)17-13-18(20,8-9-24-17)19(21)6-4-3-5-7-19/h10-12,17,21H,3-9,13H2,1-2H3. The van der Waals surface area contributed by atoms with E-state index >= 15 is 4.39 Å². The molecule has 0 radical (unpaired) electrons. The van der Waals surface area contributed by atoms with Crippen molar-refractivity contribution in [2.75, 3.05) is 20.8 Å². The second-order valence-electron chi connectivity index (χ2n) is 7.02. The summed E-state index contributed by atoms with van der Waals surface area (Å²) in [6.45, 7) is 0.309. The maximum Gasteiger partial charge on any atom is 0.144 e. The fourth-order valence-electron chi connectivity index (χ4n) is 4.05. The van der Waals surface area contributed by atoms with Crippen LogP contribution in [-0.2, 0) is 4.74 Å². The average Bonchev–Trinajstić information content (AvgIpc) is 2.62. The normalized spacial score (nSPS) is 29.9. The van der Waals surface area contributed by atoms with Crippen LogP contribution >= 0.6 is 0 Å². The summed E-state index contributed by atoms with van der Waals surface area (Å²) in [6, 6.07) is 5.48. The quantitative estimate of drug-likeness (QED) is 0.903. The first-order valence-corrected chi connectivity index (χ1v) is 8.75. The van der Waals surface area contributed by atoms with Crippen molar-refractivity contribution in [1.82, 2.24) is 0 Å². The van der Waals surface area contributed by atoms with Crippen LogP contribution in [0.25, 0.3) is 0 Å². The van der Waals surface area contributed by atoms with Crippen molar-refractivity contribution in [2.24, 2.45) is 0 Å². The van der Waals surface area contributed by atoms with Crippen molar-refractivity contribution in [1.29, 1.82) is 0 Å². The fraction of sp³-hybridized carbons (Fsp3) is 0.684. The molecular formula is C19H27FO4. The van der Waals surface area contributed by atoms with E-state index in [0.717, 1.165) is 24.8 Å². The van der Waals surface area contributed by atoms with Gasteiger partial charge in [0.05, 0.1) is 32.5 Å². The molecule has 0 bridgehead atoms. The monoisotopic (exact) mass is 338 g/mol.